The first-order valence-electron chi connectivity index (χ1n) is 12.7. The third kappa shape index (κ3) is 5.93. The van der Waals surface area contributed by atoms with E-state index < -0.39 is 18.3 Å². The van der Waals surface area contributed by atoms with Gasteiger partial charge >= 0.3 is 6.36 Å². The molecule has 0 aliphatic carbocycles. The third-order valence-corrected chi connectivity index (χ3v) is 7.23. The highest BCUT2D eigenvalue weighted by atomic mass is 19.4. The number of hydrogen-bond donors (Lipinski definition) is 1. The van der Waals surface area contributed by atoms with E-state index in [1.807, 2.05) is 6.07 Å². The maximum Gasteiger partial charge on any atom is 0.573 e. The monoisotopic (exact) mass is 531 g/mol. The molecule has 202 valence electrons. The second kappa shape index (κ2) is 10.6. The van der Waals surface area contributed by atoms with Gasteiger partial charge in [-0.15, -0.1) is 13.2 Å². The molecule has 2 aromatic carbocycles. The molecular formula is C27H28F3N3O5. The molecule has 0 radical (unpaired) electrons. The van der Waals surface area contributed by atoms with Crippen molar-refractivity contribution in [1.82, 2.24) is 15.1 Å². The van der Waals surface area contributed by atoms with Gasteiger partial charge in [-0.2, -0.15) is 0 Å². The van der Waals surface area contributed by atoms with Gasteiger partial charge in [-0.25, -0.2) is 0 Å². The minimum atomic E-state index is -4.72. The van der Waals surface area contributed by atoms with Crippen molar-refractivity contribution in [1.29, 1.82) is 0 Å². The number of carbonyl (C=O) groups is 3. The summed E-state index contributed by atoms with van der Waals surface area (Å²) in [6.45, 7) is 2.15. The Morgan fingerprint density at radius 2 is 1.74 bits per heavy atom. The Labute approximate surface area is 217 Å². The van der Waals surface area contributed by atoms with Gasteiger partial charge in [-0.1, -0.05) is 18.6 Å². The smallest absolute Gasteiger partial charge is 0.492 e. The Morgan fingerprint density at radius 1 is 0.974 bits per heavy atom. The summed E-state index contributed by atoms with van der Waals surface area (Å²) >= 11 is 0. The largest absolute Gasteiger partial charge is 0.573 e. The Kier molecular flexibility index (Phi) is 7.29. The number of piperidine rings is 2. The number of ether oxygens (including phenoxy) is 2. The maximum absolute atomic E-state index is 12.9. The van der Waals surface area contributed by atoms with Crippen LogP contribution in [0.1, 0.15) is 53.6 Å². The fourth-order valence-electron chi connectivity index (χ4n) is 5.32. The zero-order valence-corrected chi connectivity index (χ0v) is 20.6. The first kappa shape index (κ1) is 26.0. The van der Waals surface area contributed by atoms with Crippen molar-refractivity contribution in [2.75, 3.05) is 13.2 Å². The summed E-state index contributed by atoms with van der Waals surface area (Å²) in [5.41, 5.74) is 2.19. The minimum absolute atomic E-state index is 0.129. The number of likely N-dealkylation sites (tertiary alicyclic amines) is 1. The number of imide groups is 1. The predicted octanol–water partition coefficient (Wildman–Crippen LogP) is 3.78. The van der Waals surface area contributed by atoms with Crippen LogP contribution >= 0.6 is 0 Å². The van der Waals surface area contributed by atoms with Crippen molar-refractivity contribution >= 4 is 17.7 Å². The number of fused-ring (bicyclic) bond motifs is 1. The van der Waals surface area contributed by atoms with Gasteiger partial charge in [-0.05, 0) is 67.3 Å². The molecule has 0 saturated carbocycles. The first-order chi connectivity index (χ1) is 18.2. The molecule has 1 N–H and O–H groups in total. The van der Waals surface area contributed by atoms with Crippen LogP contribution in [0.3, 0.4) is 0 Å². The molecule has 2 unspecified atom stereocenters. The molecule has 38 heavy (non-hydrogen) atoms. The van der Waals surface area contributed by atoms with Crippen LogP contribution in [0.2, 0.25) is 0 Å². The molecule has 3 heterocycles. The molecule has 3 aliphatic rings. The van der Waals surface area contributed by atoms with Crippen LogP contribution in [-0.4, -0.2) is 59.1 Å². The number of benzene rings is 2. The fourth-order valence-corrected chi connectivity index (χ4v) is 5.32. The van der Waals surface area contributed by atoms with E-state index in [0.29, 0.717) is 30.9 Å². The number of alkyl halides is 3. The van der Waals surface area contributed by atoms with E-state index in [9.17, 15) is 27.6 Å². The van der Waals surface area contributed by atoms with Crippen molar-refractivity contribution in [3.8, 4) is 11.5 Å². The van der Waals surface area contributed by atoms with Crippen molar-refractivity contribution in [2.24, 2.45) is 0 Å². The SMILES string of the molecule is O=C1CCC(N2Cc3cc(OCC4CCCCN4Cc4ccc(OC(F)(F)F)cc4)ccc3C2=O)C(=O)N1. The molecule has 2 saturated heterocycles. The number of rotatable bonds is 7. The summed E-state index contributed by atoms with van der Waals surface area (Å²) in [5.74, 6) is -0.618. The van der Waals surface area contributed by atoms with Gasteiger partial charge in [0.1, 0.15) is 24.1 Å². The first-order valence-corrected chi connectivity index (χ1v) is 12.7. The van der Waals surface area contributed by atoms with E-state index in [1.54, 1.807) is 24.3 Å². The highest BCUT2D eigenvalue weighted by Gasteiger charge is 2.39. The van der Waals surface area contributed by atoms with E-state index in [-0.39, 0.29) is 36.6 Å². The van der Waals surface area contributed by atoms with E-state index in [0.717, 1.165) is 36.9 Å². The number of carbonyl (C=O) groups excluding carboxylic acids is 3. The van der Waals surface area contributed by atoms with Crippen LogP contribution in [0.5, 0.6) is 11.5 Å². The predicted molar refractivity (Wildman–Crippen MR) is 129 cm³/mol. The second-order valence-corrected chi connectivity index (χ2v) is 9.84. The van der Waals surface area contributed by atoms with Gasteiger partial charge < -0.3 is 14.4 Å². The van der Waals surface area contributed by atoms with Gasteiger partial charge in [0.05, 0.1) is 0 Å². The molecule has 8 nitrogen and oxygen atoms in total. The molecule has 2 atom stereocenters. The molecule has 5 rings (SSSR count). The number of halogens is 3. The van der Waals surface area contributed by atoms with Gasteiger partial charge in [0, 0.05) is 31.1 Å². The minimum Gasteiger partial charge on any atom is -0.492 e. The van der Waals surface area contributed by atoms with Gasteiger partial charge in [0.2, 0.25) is 11.8 Å². The number of amides is 3. The summed E-state index contributed by atoms with van der Waals surface area (Å²) in [6.07, 6.45) is -1.18. The maximum atomic E-state index is 12.9. The summed E-state index contributed by atoms with van der Waals surface area (Å²) in [6, 6.07) is 10.7. The average molecular weight is 532 g/mol. The van der Waals surface area contributed by atoms with Gasteiger partial charge in [-0.3, -0.25) is 24.6 Å². The lowest BCUT2D eigenvalue weighted by Crippen LogP contribution is -2.52. The Bertz CT molecular complexity index is 1220. The van der Waals surface area contributed by atoms with Gasteiger partial charge in [0.25, 0.3) is 5.91 Å². The molecule has 2 fully saturated rings. The summed E-state index contributed by atoms with van der Waals surface area (Å²) in [5, 5.41) is 2.30. The van der Waals surface area contributed by atoms with Crippen molar-refractivity contribution in [2.45, 2.75) is 63.6 Å². The zero-order valence-electron chi connectivity index (χ0n) is 20.6. The van der Waals surface area contributed by atoms with Crippen LogP contribution in [-0.2, 0) is 22.7 Å². The van der Waals surface area contributed by atoms with E-state index in [2.05, 4.69) is 15.0 Å². The van der Waals surface area contributed by atoms with Crippen LogP contribution < -0.4 is 14.8 Å². The molecule has 0 bridgehead atoms. The zero-order chi connectivity index (χ0) is 26.9. The quantitative estimate of drug-likeness (QED) is 0.548. The fraction of sp³-hybridized carbons (Fsp3) is 0.444. The Hall–Kier alpha value is -3.60. The topological polar surface area (TPSA) is 88.2 Å². The second-order valence-electron chi connectivity index (χ2n) is 9.84. The molecule has 3 aliphatic heterocycles. The van der Waals surface area contributed by atoms with Gasteiger partial charge in [0.15, 0.2) is 0 Å². The Morgan fingerprint density at radius 3 is 2.47 bits per heavy atom. The number of nitrogens with one attached hydrogen (secondary N) is 1. The summed E-state index contributed by atoms with van der Waals surface area (Å²) in [7, 11) is 0. The summed E-state index contributed by atoms with van der Waals surface area (Å²) < 4.78 is 47.4. The number of hydrogen-bond acceptors (Lipinski definition) is 6. The van der Waals surface area contributed by atoms with Crippen LogP contribution in [0, 0.1) is 0 Å². The molecule has 0 aromatic heterocycles. The lowest BCUT2D eigenvalue weighted by Gasteiger charge is -2.35. The van der Waals surface area contributed by atoms with Crippen LogP contribution in [0.25, 0.3) is 0 Å². The summed E-state index contributed by atoms with van der Waals surface area (Å²) in [4.78, 5) is 40.4. The van der Waals surface area contributed by atoms with Crippen molar-refractivity contribution < 1.29 is 37.0 Å². The number of nitrogens with zero attached hydrogens (tertiary/aromatic N) is 2. The molecular weight excluding hydrogens is 503 g/mol. The lowest BCUT2D eigenvalue weighted by molar-refractivity contribution is -0.274. The van der Waals surface area contributed by atoms with Crippen LogP contribution in [0.4, 0.5) is 13.2 Å². The standard InChI is InChI=1S/C27H28F3N3O5/c28-27(29,30)38-20-6-4-17(5-7-20)14-32-12-2-1-3-19(32)16-37-21-8-9-22-18(13-21)15-33(26(22)36)23-10-11-24(34)31-25(23)35/h4-9,13,19,23H,1-3,10-12,14-16H2,(H,31,34,35). The molecule has 2 aromatic rings. The molecule has 0 spiro atoms. The van der Waals surface area contributed by atoms with E-state index in [4.69, 9.17) is 4.74 Å². The normalized spacial score (nSPS) is 22.3. The Balaban J connectivity index is 1.19. The molecule has 3 amide bonds. The molecule has 11 heteroatoms. The van der Waals surface area contributed by atoms with E-state index in [1.165, 1.54) is 17.0 Å². The lowest BCUT2D eigenvalue weighted by atomic mass is 10.0. The van der Waals surface area contributed by atoms with Crippen molar-refractivity contribution in [3.63, 3.8) is 0 Å². The average Bonchev–Trinajstić information content (AvgIpc) is 3.19. The highest BCUT2D eigenvalue weighted by molar-refractivity contribution is 6.05. The van der Waals surface area contributed by atoms with Crippen molar-refractivity contribution in [3.05, 3.63) is 59.2 Å². The van der Waals surface area contributed by atoms with E-state index >= 15 is 0 Å². The van der Waals surface area contributed by atoms with Crippen LogP contribution in [0.15, 0.2) is 42.5 Å². The third-order valence-electron chi connectivity index (χ3n) is 7.23. The highest BCUT2D eigenvalue weighted by Crippen LogP contribution is 2.31.